The molecule has 1 aromatic carbocycles. The van der Waals surface area contributed by atoms with Crippen molar-refractivity contribution in [3.05, 3.63) is 77.9 Å². The minimum Gasteiger partial charge on any atom is -0.480 e. The van der Waals surface area contributed by atoms with Crippen LogP contribution in [0.1, 0.15) is 24.8 Å². The zero-order valence-electron chi connectivity index (χ0n) is 19.8. The van der Waals surface area contributed by atoms with Crippen molar-refractivity contribution < 1.29 is 28.5 Å². The highest BCUT2D eigenvalue weighted by Crippen LogP contribution is 2.29. The molecule has 1 atom stereocenters. The number of nitrogens with zero attached hydrogens (tertiary/aromatic N) is 3. The number of allylic oxidation sites excluding steroid dienone is 4. The molecule has 1 aliphatic carbocycles. The summed E-state index contributed by atoms with van der Waals surface area (Å²) in [7, 11) is 1.52. The molecular weight excluding hydrogens is 464 g/mol. The van der Waals surface area contributed by atoms with Gasteiger partial charge in [0.15, 0.2) is 12.0 Å². The summed E-state index contributed by atoms with van der Waals surface area (Å²) in [6, 6.07) is 5.52. The first-order chi connectivity index (χ1) is 17.6. The molecule has 1 fully saturated rings. The van der Waals surface area contributed by atoms with Gasteiger partial charge in [0, 0.05) is 13.0 Å². The predicted octanol–water partition coefficient (Wildman–Crippen LogP) is 3.47. The molecule has 1 saturated heterocycles. The van der Waals surface area contributed by atoms with Crippen LogP contribution in [0.25, 0.3) is 11.0 Å². The number of methoxy groups -OCH3 is 1. The van der Waals surface area contributed by atoms with E-state index in [0.717, 1.165) is 24.0 Å². The summed E-state index contributed by atoms with van der Waals surface area (Å²) in [5.41, 5.74) is 3.08. The van der Waals surface area contributed by atoms with Gasteiger partial charge in [0.25, 0.3) is 0 Å². The van der Waals surface area contributed by atoms with Crippen LogP contribution in [-0.4, -0.2) is 53.2 Å². The summed E-state index contributed by atoms with van der Waals surface area (Å²) in [6.45, 7) is 0.653. The number of para-hydroxylation sites is 1. The van der Waals surface area contributed by atoms with E-state index in [4.69, 9.17) is 18.9 Å². The van der Waals surface area contributed by atoms with Crippen LogP contribution >= 0.6 is 0 Å². The minimum atomic E-state index is -0.511. The van der Waals surface area contributed by atoms with E-state index in [2.05, 4.69) is 21.4 Å². The number of hydrogen-bond acceptors (Lipinski definition) is 8. The van der Waals surface area contributed by atoms with Gasteiger partial charge >= 0.3 is 6.09 Å². The van der Waals surface area contributed by atoms with Crippen molar-refractivity contribution in [2.45, 2.75) is 31.8 Å². The third-order valence-electron chi connectivity index (χ3n) is 6.01. The first kappa shape index (κ1) is 23.4. The van der Waals surface area contributed by atoms with E-state index >= 15 is 0 Å². The number of amides is 2. The number of benzene rings is 1. The van der Waals surface area contributed by atoms with Gasteiger partial charge < -0.3 is 24.3 Å². The van der Waals surface area contributed by atoms with Crippen molar-refractivity contribution in [3.63, 3.8) is 0 Å². The number of aromatic nitrogens is 2. The van der Waals surface area contributed by atoms with Crippen LogP contribution in [0.2, 0.25) is 0 Å². The molecule has 1 unspecified atom stereocenters. The van der Waals surface area contributed by atoms with Crippen molar-refractivity contribution in [1.29, 1.82) is 0 Å². The number of carbonyl (C=O) groups excluding carboxylic acids is 2. The molecule has 1 N–H and O–H groups in total. The number of nitrogens with one attached hydrogen (secondary N) is 1. The summed E-state index contributed by atoms with van der Waals surface area (Å²) in [4.78, 5) is 35.2. The molecule has 10 nitrogen and oxygen atoms in total. The molecule has 1 aromatic heterocycles. The Morgan fingerprint density at radius 1 is 1.31 bits per heavy atom. The summed E-state index contributed by atoms with van der Waals surface area (Å²) >= 11 is 0. The van der Waals surface area contributed by atoms with Crippen molar-refractivity contribution in [2.75, 3.05) is 20.2 Å². The zero-order valence-corrected chi connectivity index (χ0v) is 19.8. The van der Waals surface area contributed by atoms with E-state index in [1.54, 1.807) is 6.20 Å². The number of hydrogen-bond donors (Lipinski definition) is 1. The summed E-state index contributed by atoms with van der Waals surface area (Å²) in [6.07, 6.45) is 12.0. The molecular formula is C26H26N4O6. The van der Waals surface area contributed by atoms with Gasteiger partial charge in [-0.3, -0.25) is 4.79 Å². The van der Waals surface area contributed by atoms with E-state index in [1.165, 1.54) is 24.5 Å². The van der Waals surface area contributed by atoms with Gasteiger partial charge in [0.1, 0.15) is 12.4 Å². The van der Waals surface area contributed by atoms with Crippen LogP contribution in [0, 0.1) is 0 Å². The second-order valence-electron chi connectivity index (χ2n) is 8.46. The van der Waals surface area contributed by atoms with Gasteiger partial charge in [-0.05, 0) is 30.0 Å². The van der Waals surface area contributed by atoms with Gasteiger partial charge in [-0.1, -0.05) is 30.4 Å². The SMILES string of the molecule is COc1cnc2cccc(CC(=O)NCCC3CN(C4=COC=C(C5=CC=CCC5)O4)C(=O)O3)c2n1. The van der Waals surface area contributed by atoms with Crippen LogP contribution in [0.3, 0.4) is 0 Å². The number of cyclic esters (lactones) is 1. The van der Waals surface area contributed by atoms with Crippen LogP contribution in [0.15, 0.2) is 72.4 Å². The lowest BCUT2D eigenvalue weighted by Gasteiger charge is -2.23. The standard InChI is InChI=1S/C26H26N4O6/c1-33-23-13-28-20-9-5-8-18(25(20)29-23)12-22(31)27-11-10-19-14-30(26(32)35-19)24-16-34-15-21(36-24)17-6-3-2-4-7-17/h2-3,5-6,8-9,13,15-16,19H,4,7,10-12,14H2,1H3,(H,27,31). The molecule has 186 valence electrons. The second-order valence-corrected chi connectivity index (χ2v) is 8.46. The van der Waals surface area contributed by atoms with Crippen molar-refractivity contribution in [2.24, 2.45) is 0 Å². The monoisotopic (exact) mass is 490 g/mol. The zero-order chi connectivity index (χ0) is 24.9. The van der Waals surface area contributed by atoms with Crippen LogP contribution in [-0.2, 0) is 25.4 Å². The number of fused-ring (bicyclic) bond motifs is 1. The van der Waals surface area contributed by atoms with Gasteiger partial charge in [0.2, 0.25) is 17.7 Å². The summed E-state index contributed by atoms with van der Waals surface area (Å²) in [5.74, 6) is 1.09. The maximum Gasteiger partial charge on any atom is 0.417 e. The van der Waals surface area contributed by atoms with Crippen LogP contribution in [0.4, 0.5) is 4.79 Å². The fourth-order valence-corrected chi connectivity index (χ4v) is 4.16. The average Bonchev–Trinajstić information content (AvgIpc) is 3.29. The Balaban J connectivity index is 1.12. The highest BCUT2D eigenvalue weighted by molar-refractivity contribution is 5.86. The Labute approximate surface area is 207 Å². The van der Waals surface area contributed by atoms with Gasteiger partial charge in [-0.2, -0.15) is 0 Å². The second kappa shape index (κ2) is 10.5. The first-order valence-electron chi connectivity index (χ1n) is 11.7. The average molecular weight is 491 g/mol. The molecule has 0 bridgehead atoms. The maximum absolute atomic E-state index is 12.6. The van der Waals surface area contributed by atoms with Gasteiger partial charge in [0.05, 0.1) is 37.3 Å². The van der Waals surface area contributed by atoms with E-state index in [0.29, 0.717) is 42.2 Å². The first-order valence-corrected chi connectivity index (χ1v) is 11.7. The molecule has 0 saturated carbocycles. The van der Waals surface area contributed by atoms with Crippen LogP contribution < -0.4 is 10.1 Å². The lowest BCUT2D eigenvalue weighted by Crippen LogP contribution is -2.30. The summed E-state index contributed by atoms with van der Waals surface area (Å²) in [5, 5.41) is 2.89. The molecule has 2 aliphatic heterocycles. The lowest BCUT2D eigenvalue weighted by molar-refractivity contribution is -0.120. The molecule has 3 aliphatic rings. The topological polar surface area (TPSA) is 112 Å². The molecule has 2 amide bonds. The smallest absolute Gasteiger partial charge is 0.417 e. The van der Waals surface area contributed by atoms with E-state index in [1.807, 2.05) is 30.4 Å². The highest BCUT2D eigenvalue weighted by Gasteiger charge is 2.36. The Hall–Kier alpha value is -4.34. The Kier molecular flexibility index (Phi) is 6.83. The Bertz CT molecular complexity index is 1300. The molecule has 0 radical (unpaired) electrons. The molecule has 2 aromatic rings. The van der Waals surface area contributed by atoms with Crippen molar-refractivity contribution in [1.82, 2.24) is 20.2 Å². The molecule has 10 heteroatoms. The van der Waals surface area contributed by atoms with Gasteiger partial charge in [-0.15, -0.1) is 0 Å². The predicted molar refractivity (Wildman–Crippen MR) is 129 cm³/mol. The molecule has 0 spiro atoms. The van der Waals surface area contributed by atoms with E-state index in [-0.39, 0.29) is 24.3 Å². The van der Waals surface area contributed by atoms with E-state index in [9.17, 15) is 9.59 Å². The molecule has 36 heavy (non-hydrogen) atoms. The number of rotatable bonds is 8. The minimum absolute atomic E-state index is 0.147. The maximum atomic E-state index is 12.6. The molecule has 3 heterocycles. The summed E-state index contributed by atoms with van der Waals surface area (Å²) < 4.78 is 22.0. The largest absolute Gasteiger partial charge is 0.480 e. The van der Waals surface area contributed by atoms with Crippen molar-refractivity contribution in [3.8, 4) is 5.88 Å². The fraction of sp³-hybridized carbons (Fsp3) is 0.308. The normalized spacial score (nSPS) is 19.0. The van der Waals surface area contributed by atoms with Crippen LogP contribution in [0.5, 0.6) is 5.88 Å². The quantitative estimate of drug-likeness (QED) is 0.599. The van der Waals surface area contributed by atoms with E-state index < -0.39 is 6.09 Å². The number of ether oxygens (including phenoxy) is 4. The molecule has 5 rings (SSSR count). The van der Waals surface area contributed by atoms with Gasteiger partial charge in [-0.25, -0.2) is 19.7 Å². The Morgan fingerprint density at radius 2 is 2.22 bits per heavy atom. The fourth-order valence-electron chi connectivity index (χ4n) is 4.16. The third kappa shape index (κ3) is 5.17. The lowest BCUT2D eigenvalue weighted by atomic mass is 10.0. The van der Waals surface area contributed by atoms with Crippen molar-refractivity contribution >= 4 is 23.0 Å². The Morgan fingerprint density at radius 3 is 3.06 bits per heavy atom. The number of carbonyl (C=O) groups is 2. The highest BCUT2D eigenvalue weighted by atomic mass is 16.6. The third-order valence-corrected chi connectivity index (χ3v) is 6.01.